The van der Waals surface area contributed by atoms with E-state index in [1.165, 1.54) is 19.3 Å². The third-order valence-corrected chi connectivity index (χ3v) is 4.85. The molecule has 0 aromatic heterocycles. The highest BCUT2D eigenvalue weighted by molar-refractivity contribution is 5.28. The normalized spacial score (nSPS) is 20.6. The third kappa shape index (κ3) is 3.74. The fourth-order valence-corrected chi connectivity index (χ4v) is 2.81. The first-order chi connectivity index (χ1) is 9.56. The summed E-state index contributed by atoms with van der Waals surface area (Å²) in [6.45, 7) is 7.58. The molecule has 0 radical (unpaired) electrons. The number of hydrogen-bond donors (Lipinski definition) is 1. The Hall–Kier alpha value is -1.06. The quantitative estimate of drug-likeness (QED) is 0.897. The van der Waals surface area contributed by atoms with Crippen LogP contribution in [0.15, 0.2) is 24.3 Å². The van der Waals surface area contributed by atoms with Crippen molar-refractivity contribution < 1.29 is 9.84 Å². The molecular formula is C17H27NO2. The number of methoxy groups -OCH3 is 1. The van der Waals surface area contributed by atoms with Gasteiger partial charge in [-0.05, 0) is 49.0 Å². The topological polar surface area (TPSA) is 32.7 Å². The molecule has 1 unspecified atom stereocenters. The van der Waals surface area contributed by atoms with Crippen LogP contribution in [0.4, 0.5) is 0 Å². The van der Waals surface area contributed by atoms with Gasteiger partial charge in [-0.1, -0.05) is 32.4 Å². The Kier molecular flexibility index (Phi) is 5.06. The van der Waals surface area contributed by atoms with Crippen LogP contribution in [0.1, 0.15) is 44.8 Å². The Morgan fingerprint density at radius 3 is 2.35 bits per heavy atom. The smallest absolute Gasteiger partial charge is 0.118 e. The van der Waals surface area contributed by atoms with Crippen LogP contribution >= 0.6 is 0 Å². The lowest BCUT2D eigenvalue weighted by Gasteiger charge is -2.39. The summed E-state index contributed by atoms with van der Waals surface area (Å²) < 4.78 is 5.14. The van der Waals surface area contributed by atoms with Gasteiger partial charge in [0.25, 0.3) is 0 Å². The maximum absolute atomic E-state index is 10.3. The Labute approximate surface area is 122 Å². The van der Waals surface area contributed by atoms with Gasteiger partial charge in [-0.2, -0.15) is 0 Å². The van der Waals surface area contributed by atoms with Gasteiger partial charge in [-0.3, -0.25) is 0 Å². The molecule has 1 aliphatic heterocycles. The highest BCUT2D eigenvalue weighted by Crippen LogP contribution is 2.34. The van der Waals surface area contributed by atoms with Gasteiger partial charge >= 0.3 is 0 Å². The lowest BCUT2D eigenvalue weighted by atomic mass is 9.78. The molecule has 1 N–H and O–H groups in total. The summed E-state index contributed by atoms with van der Waals surface area (Å²) in [7, 11) is 1.66. The lowest BCUT2D eigenvalue weighted by Crippen LogP contribution is -2.40. The van der Waals surface area contributed by atoms with E-state index in [2.05, 4.69) is 18.7 Å². The molecule has 1 saturated heterocycles. The van der Waals surface area contributed by atoms with Crippen LogP contribution in [-0.2, 0) is 0 Å². The number of piperidine rings is 1. The van der Waals surface area contributed by atoms with Gasteiger partial charge in [-0.25, -0.2) is 0 Å². The van der Waals surface area contributed by atoms with E-state index in [0.717, 1.165) is 30.9 Å². The first-order valence-electron chi connectivity index (χ1n) is 7.61. The number of nitrogens with zero attached hydrogens (tertiary/aromatic N) is 1. The van der Waals surface area contributed by atoms with Crippen molar-refractivity contribution >= 4 is 0 Å². The molecular weight excluding hydrogens is 250 g/mol. The number of likely N-dealkylation sites (tertiary alicyclic amines) is 1. The maximum Gasteiger partial charge on any atom is 0.118 e. The van der Waals surface area contributed by atoms with Crippen LogP contribution < -0.4 is 4.74 Å². The second-order valence-corrected chi connectivity index (χ2v) is 6.25. The van der Waals surface area contributed by atoms with Gasteiger partial charge in [-0.15, -0.1) is 0 Å². The second kappa shape index (κ2) is 6.59. The fraction of sp³-hybridized carbons (Fsp3) is 0.647. The fourth-order valence-electron chi connectivity index (χ4n) is 2.81. The molecule has 1 fully saturated rings. The van der Waals surface area contributed by atoms with E-state index >= 15 is 0 Å². The summed E-state index contributed by atoms with van der Waals surface area (Å²) in [5.41, 5.74) is 1.47. The average molecular weight is 277 g/mol. The number of benzene rings is 1. The molecule has 0 saturated carbocycles. The van der Waals surface area contributed by atoms with E-state index in [1.54, 1.807) is 7.11 Å². The van der Waals surface area contributed by atoms with E-state index in [0.29, 0.717) is 5.41 Å². The summed E-state index contributed by atoms with van der Waals surface area (Å²) in [4.78, 5) is 2.38. The Balaban J connectivity index is 1.87. The molecule has 3 nitrogen and oxygen atoms in total. The first kappa shape index (κ1) is 15.3. The molecule has 1 aromatic rings. The molecule has 20 heavy (non-hydrogen) atoms. The third-order valence-electron chi connectivity index (χ3n) is 4.85. The maximum atomic E-state index is 10.3. The predicted molar refractivity (Wildman–Crippen MR) is 82.0 cm³/mol. The number of rotatable bonds is 5. The van der Waals surface area contributed by atoms with Crippen molar-refractivity contribution in [2.45, 2.75) is 39.2 Å². The number of hydrogen-bond acceptors (Lipinski definition) is 3. The van der Waals surface area contributed by atoms with E-state index in [9.17, 15) is 5.11 Å². The minimum absolute atomic E-state index is 0.410. The van der Waals surface area contributed by atoms with Crippen molar-refractivity contribution in [3.8, 4) is 5.75 Å². The molecule has 1 aliphatic rings. The summed E-state index contributed by atoms with van der Waals surface area (Å²) in [5, 5.41) is 10.3. The summed E-state index contributed by atoms with van der Waals surface area (Å²) in [5.74, 6) is 0.831. The zero-order valence-electron chi connectivity index (χ0n) is 12.9. The number of β-amino-alcohol motifs (C(OH)–C–C–N with tert-alkyl or cyclic N) is 1. The summed E-state index contributed by atoms with van der Waals surface area (Å²) in [6.07, 6.45) is 3.31. The van der Waals surface area contributed by atoms with E-state index in [1.807, 2.05) is 24.3 Å². The molecule has 0 amide bonds. The van der Waals surface area contributed by atoms with Gasteiger partial charge < -0.3 is 14.7 Å². The average Bonchev–Trinajstić information content (AvgIpc) is 2.50. The van der Waals surface area contributed by atoms with Crippen LogP contribution in [0, 0.1) is 5.41 Å². The van der Waals surface area contributed by atoms with Gasteiger partial charge in [0.2, 0.25) is 0 Å². The minimum Gasteiger partial charge on any atom is -0.497 e. The molecule has 112 valence electrons. The predicted octanol–water partition coefficient (Wildman–Crippen LogP) is 3.24. The van der Waals surface area contributed by atoms with Crippen molar-refractivity contribution in [2.24, 2.45) is 5.41 Å². The number of ether oxygens (including phenoxy) is 1. The van der Waals surface area contributed by atoms with E-state index < -0.39 is 6.10 Å². The molecule has 1 heterocycles. The largest absolute Gasteiger partial charge is 0.497 e. The van der Waals surface area contributed by atoms with E-state index in [-0.39, 0.29) is 0 Å². The second-order valence-electron chi connectivity index (χ2n) is 6.25. The zero-order valence-corrected chi connectivity index (χ0v) is 12.9. The van der Waals surface area contributed by atoms with Gasteiger partial charge in [0.15, 0.2) is 0 Å². The monoisotopic (exact) mass is 277 g/mol. The van der Waals surface area contributed by atoms with Crippen LogP contribution in [0.2, 0.25) is 0 Å². The number of aliphatic hydroxyl groups is 1. The van der Waals surface area contributed by atoms with Crippen molar-refractivity contribution in [2.75, 3.05) is 26.7 Å². The van der Waals surface area contributed by atoms with Crippen molar-refractivity contribution in [1.82, 2.24) is 4.90 Å². The lowest BCUT2D eigenvalue weighted by molar-refractivity contribution is 0.0626. The standard InChI is InChI=1S/C17H27NO2/c1-4-17(2)9-11-18(12-10-17)13-16(19)14-5-7-15(20-3)8-6-14/h5-8,16,19H,4,9-13H2,1-3H3. The van der Waals surface area contributed by atoms with Crippen LogP contribution in [0.5, 0.6) is 5.75 Å². The molecule has 1 aromatic carbocycles. The van der Waals surface area contributed by atoms with Crippen LogP contribution in [0.3, 0.4) is 0 Å². The molecule has 3 heteroatoms. The van der Waals surface area contributed by atoms with Gasteiger partial charge in [0, 0.05) is 6.54 Å². The molecule has 0 aliphatic carbocycles. The summed E-state index contributed by atoms with van der Waals surface area (Å²) in [6, 6.07) is 7.71. The van der Waals surface area contributed by atoms with Gasteiger partial charge in [0.05, 0.1) is 13.2 Å². The molecule has 2 rings (SSSR count). The zero-order chi connectivity index (χ0) is 14.6. The van der Waals surface area contributed by atoms with Crippen LogP contribution in [-0.4, -0.2) is 36.8 Å². The molecule has 0 spiro atoms. The van der Waals surface area contributed by atoms with Crippen molar-refractivity contribution in [1.29, 1.82) is 0 Å². The highest BCUT2D eigenvalue weighted by Gasteiger charge is 2.28. The Morgan fingerprint density at radius 1 is 1.25 bits per heavy atom. The van der Waals surface area contributed by atoms with E-state index in [4.69, 9.17) is 4.74 Å². The highest BCUT2D eigenvalue weighted by atomic mass is 16.5. The van der Waals surface area contributed by atoms with Crippen LogP contribution in [0.25, 0.3) is 0 Å². The SMILES string of the molecule is CCC1(C)CCN(CC(O)c2ccc(OC)cc2)CC1. The molecule has 1 atom stereocenters. The first-order valence-corrected chi connectivity index (χ1v) is 7.61. The Bertz CT molecular complexity index is 408. The van der Waals surface area contributed by atoms with Crippen molar-refractivity contribution in [3.05, 3.63) is 29.8 Å². The minimum atomic E-state index is -0.410. The van der Waals surface area contributed by atoms with Crippen molar-refractivity contribution in [3.63, 3.8) is 0 Å². The molecule has 0 bridgehead atoms. The van der Waals surface area contributed by atoms with Gasteiger partial charge in [0.1, 0.15) is 5.75 Å². The summed E-state index contributed by atoms with van der Waals surface area (Å²) >= 11 is 0. The Morgan fingerprint density at radius 2 is 1.85 bits per heavy atom. The number of aliphatic hydroxyl groups excluding tert-OH is 1.